The molecule has 3 rings (SSSR count). The highest BCUT2D eigenvalue weighted by Crippen LogP contribution is 2.33. The number of hydrogen-bond donors (Lipinski definition) is 2. The van der Waals surface area contributed by atoms with Gasteiger partial charge in [-0.1, -0.05) is 29.8 Å². The van der Waals surface area contributed by atoms with Gasteiger partial charge in [0, 0.05) is 30.6 Å². The van der Waals surface area contributed by atoms with Crippen molar-refractivity contribution < 1.29 is 14.2 Å². The van der Waals surface area contributed by atoms with E-state index >= 15 is 0 Å². The zero-order valence-electron chi connectivity index (χ0n) is 14.7. The van der Waals surface area contributed by atoms with Gasteiger partial charge in [0.1, 0.15) is 6.61 Å². The van der Waals surface area contributed by atoms with Gasteiger partial charge in [0.2, 0.25) is 11.0 Å². The van der Waals surface area contributed by atoms with E-state index in [2.05, 4.69) is 21.0 Å². The summed E-state index contributed by atoms with van der Waals surface area (Å²) in [6.07, 6.45) is 2.64. The molecule has 3 N–H and O–H groups in total. The number of nitrogens with two attached hydrogens (primary N) is 1. The summed E-state index contributed by atoms with van der Waals surface area (Å²) in [6, 6.07) is 7.76. The van der Waals surface area contributed by atoms with Crippen molar-refractivity contribution in [1.29, 1.82) is 0 Å². The minimum absolute atomic E-state index is 0.0179. The Labute approximate surface area is 166 Å². The monoisotopic (exact) mass is 410 g/mol. The van der Waals surface area contributed by atoms with E-state index in [0.29, 0.717) is 19.6 Å². The molecule has 0 aliphatic rings. The van der Waals surface area contributed by atoms with Crippen LogP contribution in [-0.4, -0.2) is 47.9 Å². The maximum absolute atomic E-state index is 6.13. The van der Waals surface area contributed by atoms with Crippen molar-refractivity contribution in [1.82, 2.24) is 15.0 Å². The van der Waals surface area contributed by atoms with Gasteiger partial charge in [-0.05, 0) is 23.2 Å². The van der Waals surface area contributed by atoms with E-state index in [4.69, 9.17) is 43.1 Å². The first-order valence-corrected chi connectivity index (χ1v) is 9.12. The molecule has 2 heterocycles. The number of ether oxygens (including phenoxy) is 3. The van der Waals surface area contributed by atoms with Crippen molar-refractivity contribution >= 4 is 34.1 Å². The number of halogens is 2. The van der Waals surface area contributed by atoms with Crippen LogP contribution < -0.4 is 15.2 Å². The summed E-state index contributed by atoms with van der Waals surface area (Å²) >= 11 is 12.0. The van der Waals surface area contributed by atoms with Crippen LogP contribution in [0.1, 0.15) is 5.56 Å². The maximum Gasteiger partial charge on any atom is 0.263 e. The van der Waals surface area contributed by atoms with Crippen molar-refractivity contribution in [3.05, 3.63) is 46.5 Å². The highest BCUT2D eigenvalue weighted by Gasteiger charge is 2.17. The summed E-state index contributed by atoms with van der Waals surface area (Å²) in [5.74, 6) is 0.399. The van der Waals surface area contributed by atoms with Gasteiger partial charge in [-0.3, -0.25) is 0 Å². The third kappa shape index (κ3) is 5.01. The van der Waals surface area contributed by atoms with Gasteiger partial charge in [0.15, 0.2) is 5.15 Å². The van der Waals surface area contributed by atoms with Gasteiger partial charge in [0.25, 0.3) is 5.88 Å². The molecule has 1 aromatic carbocycles. The van der Waals surface area contributed by atoms with Crippen molar-refractivity contribution in [3.8, 4) is 11.6 Å². The standard InChI is InChI=1S/C18H20Cl2N4O3/c1-25-9-12(21)10-27-15-16(19)23-18(20)24-17(15)26-7-6-11-8-22-14-5-3-2-4-13(11)14/h2-5,8,12,22H,6-7,9-10,21H2,1H3/t12-/m1/s1. The molecule has 27 heavy (non-hydrogen) atoms. The Hall–Kier alpha value is -2.06. The second-order valence-electron chi connectivity index (χ2n) is 5.90. The summed E-state index contributed by atoms with van der Waals surface area (Å²) in [7, 11) is 1.57. The third-order valence-electron chi connectivity index (χ3n) is 3.87. The molecule has 0 unspecified atom stereocenters. The summed E-state index contributed by atoms with van der Waals surface area (Å²) in [4.78, 5) is 11.2. The minimum atomic E-state index is -0.319. The van der Waals surface area contributed by atoms with Gasteiger partial charge < -0.3 is 24.9 Å². The number of hydrogen-bond acceptors (Lipinski definition) is 6. The highest BCUT2D eigenvalue weighted by molar-refractivity contribution is 6.33. The molecule has 144 valence electrons. The normalized spacial score (nSPS) is 12.3. The lowest BCUT2D eigenvalue weighted by atomic mass is 10.1. The van der Waals surface area contributed by atoms with Crippen LogP contribution in [0.5, 0.6) is 11.6 Å². The van der Waals surface area contributed by atoms with Crippen LogP contribution in [0.15, 0.2) is 30.5 Å². The minimum Gasteiger partial charge on any atom is -0.484 e. The van der Waals surface area contributed by atoms with Crippen LogP contribution in [0, 0.1) is 0 Å². The summed E-state index contributed by atoms with van der Waals surface area (Å²) < 4.78 is 16.4. The van der Waals surface area contributed by atoms with E-state index in [1.807, 2.05) is 24.4 Å². The number of nitrogens with one attached hydrogen (secondary N) is 1. The number of fused-ring (bicyclic) bond motifs is 1. The first kappa shape index (κ1) is 19.7. The molecule has 0 fully saturated rings. The molecule has 0 amide bonds. The Morgan fingerprint density at radius 2 is 1.96 bits per heavy atom. The molecule has 0 radical (unpaired) electrons. The van der Waals surface area contributed by atoms with E-state index < -0.39 is 0 Å². The number of rotatable bonds is 9. The fourth-order valence-electron chi connectivity index (χ4n) is 2.65. The molecule has 1 atom stereocenters. The second kappa shape index (κ2) is 9.23. The fraction of sp³-hybridized carbons (Fsp3) is 0.333. The topological polar surface area (TPSA) is 95.3 Å². The summed E-state index contributed by atoms with van der Waals surface area (Å²) in [5.41, 5.74) is 8.10. The first-order valence-electron chi connectivity index (χ1n) is 8.36. The molecular formula is C18H20Cl2N4O3. The fourth-order valence-corrected chi connectivity index (χ4v) is 3.07. The number of nitrogens with zero attached hydrogens (tertiary/aromatic N) is 2. The van der Waals surface area contributed by atoms with E-state index in [-0.39, 0.29) is 34.7 Å². The molecule has 0 aliphatic carbocycles. The van der Waals surface area contributed by atoms with E-state index in [0.717, 1.165) is 16.5 Å². The van der Waals surface area contributed by atoms with Gasteiger partial charge in [-0.25, -0.2) is 4.98 Å². The summed E-state index contributed by atoms with van der Waals surface area (Å²) in [5, 5.41) is 1.21. The van der Waals surface area contributed by atoms with E-state index in [9.17, 15) is 0 Å². The molecule has 0 bridgehead atoms. The van der Waals surface area contributed by atoms with Crippen LogP contribution in [0.4, 0.5) is 0 Å². The zero-order chi connectivity index (χ0) is 19.2. The molecule has 7 nitrogen and oxygen atoms in total. The predicted octanol–water partition coefficient (Wildman–Crippen LogP) is 3.24. The van der Waals surface area contributed by atoms with E-state index in [1.54, 1.807) is 7.11 Å². The largest absolute Gasteiger partial charge is 0.484 e. The van der Waals surface area contributed by atoms with Crippen LogP contribution in [-0.2, 0) is 11.2 Å². The molecule has 0 saturated carbocycles. The zero-order valence-corrected chi connectivity index (χ0v) is 16.3. The first-order chi connectivity index (χ1) is 13.1. The number of aromatic amines is 1. The molecule has 2 aromatic heterocycles. The Morgan fingerprint density at radius 1 is 1.15 bits per heavy atom. The average Bonchev–Trinajstić information content (AvgIpc) is 3.04. The maximum atomic E-state index is 6.13. The van der Waals surface area contributed by atoms with Crippen molar-refractivity contribution in [3.63, 3.8) is 0 Å². The SMILES string of the molecule is COC[C@@H](N)COc1c(Cl)nc(Cl)nc1OCCc1c[nH]c2ccccc12. The second-order valence-corrected chi connectivity index (χ2v) is 6.60. The third-order valence-corrected chi connectivity index (χ3v) is 4.30. The highest BCUT2D eigenvalue weighted by atomic mass is 35.5. The number of methoxy groups -OCH3 is 1. The quantitative estimate of drug-likeness (QED) is 0.415. The van der Waals surface area contributed by atoms with Gasteiger partial charge in [0.05, 0.1) is 19.3 Å². The predicted molar refractivity (Wildman–Crippen MR) is 105 cm³/mol. The van der Waals surface area contributed by atoms with Crippen molar-refractivity contribution in [2.45, 2.75) is 12.5 Å². The van der Waals surface area contributed by atoms with Crippen LogP contribution in [0.25, 0.3) is 10.9 Å². The van der Waals surface area contributed by atoms with Crippen molar-refractivity contribution in [2.75, 3.05) is 26.9 Å². The molecule has 0 spiro atoms. The molecular weight excluding hydrogens is 391 g/mol. The Kier molecular flexibility index (Phi) is 6.73. The smallest absolute Gasteiger partial charge is 0.263 e. The van der Waals surface area contributed by atoms with E-state index in [1.165, 1.54) is 0 Å². The van der Waals surface area contributed by atoms with Crippen LogP contribution in [0.3, 0.4) is 0 Å². The summed E-state index contributed by atoms with van der Waals surface area (Å²) in [6.45, 7) is 0.895. The van der Waals surface area contributed by atoms with Crippen LogP contribution in [0.2, 0.25) is 10.4 Å². The molecule has 3 aromatic rings. The Balaban J connectivity index is 1.68. The lowest BCUT2D eigenvalue weighted by Gasteiger charge is -2.15. The number of aromatic nitrogens is 3. The molecule has 0 saturated heterocycles. The number of H-pyrrole nitrogens is 1. The molecule has 9 heteroatoms. The average molecular weight is 411 g/mol. The van der Waals surface area contributed by atoms with Gasteiger partial charge in [-0.2, -0.15) is 4.98 Å². The number of benzene rings is 1. The Morgan fingerprint density at radius 3 is 2.78 bits per heavy atom. The van der Waals surface area contributed by atoms with Crippen molar-refractivity contribution in [2.24, 2.45) is 5.73 Å². The number of para-hydroxylation sites is 1. The lowest BCUT2D eigenvalue weighted by Crippen LogP contribution is -2.32. The molecule has 0 aliphatic heterocycles. The van der Waals surface area contributed by atoms with Gasteiger partial charge >= 0.3 is 0 Å². The van der Waals surface area contributed by atoms with Gasteiger partial charge in [-0.15, -0.1) is 0 Å². The lowest BCUT2D eigenvalue weighted by molar-refractivity contribution is 0.150. The van der Waals surface area contributed by atoms with Crippen LogP contribution >= 0.6 is 23.2 Å². The Bertz CT molecular complexity index is 903.